The van der Waals surface area contributed by atoms with Gasteiger partial charge >= 0.3 is 0 Å². The molecule has 0 amide bonds. The van der Waals surface area contributed by atoms with E-state index in [0.29, 0.717) is 13.0 Å². The summed E-state index contributed by atoms with van der Waals surface area (Å²) in [7, 11) is 0. The Morgan fingerprint density at radius 2 is 1.26 bits per heavy atom. The number of hydrogen-bond acceptors (Lipinski definition) is 5. The van der Waals surface area contributed by atoms with Gasteiger partial charge in [-0.2, -0.15) is 0 Å². The van der Waals surface area contributed by atoms with Gasteiger partial charge in [-0.05, 0) is 51.4 Å². The van der Waals surface area contributed by atoms with Gasteiger partial charge in [-0.25, -0.2) is 0 Å². The Bertz CT molecular complexity index is 466. The molecule has 0 aromatic rings. The Hall–Kier alpha value is -0.200. The van der Waals surface area contributed by atoms with E-state index < -0.39 is 28.5 Å². The van der Waals surface area contributed by atoms with E-state index in [2.05, 4.69) is 0 Å². The molecular formula is C18H28O5. The van der Waals surface area contributed by atoms with Crippen molar-refractivity contribution in [2.24, 2.45) is 0 Å². The van der Waals surface area contributed by atoms with Crippen LogP contribution in [0.3, 0.4) is 0 Å². The molecule has 4 saturated heterocycles. The third kappa shape index (κ3) is 1.57. The third-order valence-electron chi connectivity index (χ3n) is 7.33. The van der Waals surface area contributed by atoms with Crippen molar-refractivity contribution in [3.63, 3.8) is 0 Å². The van der Waals surface area contributed by atoms with Crippen molar-refractivity contribution >= 4 is 0 Å². The van der Waals surface area contributed by atoms with E-state index in [0.717, 1.165) is 71.2 Å². The first-order valence-corrected chi connectivity index (χ1v) is 9.44. The van der Waals surface area contributed by atoms with Crippen LogP contribution in [0.5, 0.6) is 0 Å². The van der Waals surface area contributed by atoms with E-state index in [-0.39, 0.29) is 0 Å². The average molecular weight is 324 g/mol. The highest BCUT2D eigenvalue weighted by molar-refractivity contribution is 5.31. The normalized spacial score (nSPS) is 56.0. The highest BCUT2D eigenvalue weighted by Gasteiger charge is 2.80. The molecule has 5 aliphatic rings. The maximum absolute atomic E-state index is 11.2. The summed E-state index contributed by atoms with van der Waals surface area (Å²) in [4.78, 5) is 0. The summed E-state index contributed by atoms with van der Waals surface area (Å²) < 4.78 is 25.7. The fourth-order valence-corrected chi connectivity index (χ4v) is 6.65. The maximum Gasteiger partial charge on any atom is 0.131 e. The smallest absolute Gasteiger partial charge is 0.131 e. The molecule has 130 valence electrons. The van der Waals surface area contributed by atoms with Gasteiger partial charge < -0.3 is 24.1 Å². The van der Waals surface area contributed by atoms with Gasteiger partial charge in [0.15, 0.2) is 0 Å². The number of ether oxygens (including phenoxy) is 4. The average Bonchev–Trinajstić information content (AvgIpc) is 3.30. The zero-order chi connectivity index (χ0) is 15.6. The molecule has 0 aromatic carbocycles. The largest absolute Gasteiger partial charge is 0.390 e. The zero-order valence-electron chi connectivity index (χ0n) is 13.8. The lowest BCUT2D eigenvalue weighted by atomic mass is 9.52. The van der Waals surface area contributed by atoms with Crippen molar-refractivity contribution in [1.29, 1.82) is 0 Å². The monoisotopic (exact) mass is 324 g/mol. The third-order valence-corrected chi connectivity index (χ3v) is 7.33. The molecule has 0 radical (unpaired) electrons. The van der Waals surface area contributed by atoms with Crippen LogP contribution in [0.4, 0.5) is 0 Å². The Kier molecular flexibility index (Phi) is 3.22. The molecule has 4 spiro atoms. The van der Waals surface area contributed by atoms with Crippen LogP contribution in [0.25, 0.3) is 0 Å². The lowest BCUT2D eigenvalue weighted by molar-refractivity contribution is -0.356. The van der Waals surface area contributed by atoms with Crippen molar-refractivity contribution in [3.8, 4) is 0 Å². The van der Waals surface area contributed by atoms with Crippen LogP contribution >= 0.6 is 0 Å². The van der Waals surface area contributed by atoms with Crippen molar-refractivity contribution in [1.82, 2.24) is 0 Å². The standard InChI is InChI=1S/C18H28O5/c19-14-13-15(5-1-9-20-15)17(7-3-11-22-17)18(8-4-12-23-18)16(14)6-2-10-21-16/h14,19H,1-13H2/t14-,15+,16-,17+,18-/m1/s1. The topological polar surface area (TPSA) is 57.2 Å². The minimum Gasteiger partial charge on any atom is -0.390 e. The van der Waals surface area contributed by atoms with E-state index in [9.17, 15) is 5.11 Å². The van der Waals surface area contributed by atoms with E-state index in [4.69, 9.17) is 18.9 Å². The van der Waals surface area contributed by atoms with Crippen LogP contribution in [0.1, 0.15) is 57.8 Å². The van der Waals surface area contributed by atoms with E-state index in [1.54, 1.807) is 0 Å². The second-order valence-electron chi connectivity index (χ2n) is 8.07. The fourth-order valence-electron chi connectivity index (χ4n) is 6.65. The van der Waals surface area contributed by atoms with E-state index in [1.165, 1.54) is 0 Å². The van der Waals surface area contributed by atoms with Crippen LogP contribution in [0.2, 0.25) is 0 Å². The van der Waals surface area contributed by atoms with Crippen LogP contribution in [-0.2, 0) is 18.9 Å². The molecule has 1 N–H and O–H groups in total. The summed E-state index contributed by atoms with van der Waals surface area (Å²) in [5.41, 5.74) is -2.00. The fraction of sp³-hybridized carbons (Fsp3) is 1.00. The quantitative estimate of drug-likeness (QED) is 0.738. The van der Waals surface area contributed by atoms with Gasteiger partial charge in [0, 0.05) is 32.8 Å². The summed E-state index contributed by atoms with van der Waals surface area (Å²) in [5, 5.41) is 11.2. The number of rotatable bonds is 0. The van der Waals surface area contributed by atoms with E-state index >= 15 is 0 Å². The first-order valence-electron chi connectivity index (χ1n) is 9.44. The summed E-state index contributed by atoms with van der Waals surface area (Å²) >= 11 is 0. The highest BCUT2D eigenvalue weighted by atomic mass is 16.6. The molecule has 0 unspecified atom stereocenters. The molecule has 0 aromatic heterocycles. The molecule has 1 aliphatic carbocycles. The molecule has 5 fully saturated rings. The first kappa shape index (κ1) is 15.1. The lowest BCUT2D eigenvalue weighted by Crippen LogP contribution is -2.82. The van der Waals surface area contributed by atoms with Crippen LogP contribution in [0, 0.1) is 0 Å². The number of aliphatic hydroxyl groups excluding tert-OH is 1. The van der Waals surface area contributed by atoms with Crippen molar-refractivity contribution in [2.45, 2.75) is 86.3 Å². The molecule has 4 aliphatic heterocycles. The summed E-state index contributed by atoms with van der Waals surface area (Å²) in [6.45, 7) is 2.98. The summed E-state index contributed by atoms with van der Waals surface area (Å²) in [6, 6.07) is 0. The van der Waals surface area contributed by atoms with Crippen molar-refractivity contribution < 1.29 is 24.1 Å². The van der Waals surface area contributed by atoms with Gasteiger partial charge in [0.2, 0.25) is 0 Å². The van der Waals surface area contributed by atoms with Gasteiger partial charge in [0.1, 0.15) is 22.4 Å². The SMILES string of the molecule is O[C@@H]1C[C@@]2(CCCO2)[C@@]2(CCCO2)[C@@]2(CCCO2)[C@@]12CCCO2. The summed E-state index contributed by atoms with van der Waals surface area (Å²) in [6.07, 6.45) is 7.89. The first-order chi connectivity index (χ1) is 11.2. The van der Waals surface area contributed by atoms with Gasteiger partial charge in [-0.15, -0.1) is 0 Å². The van der Waals surface area contributed by atoms with Crippen LogP contribution < -0.4 is 0 Å². The minimum absolute atomic E-state index is 0.398. The predicted molar refractivity (Wildman–Crippen MR) is 82.3 cm³/mol. The second-order valence-corrected chi connectivity index (χ2v) is 8.07. The Morgan fingerprint density at radius 3 is 1.83 bits per heavy atom. The molecule has 4 heterocycles. The van der Waals surface area contributed by atoms with Crippen LogP contribution in [-0.4, -0.2) is 60.0 Å². The molecule has 5 heteroatoms. The number of hydrogen-bond donors (Lipinski definition) is 1. The van der Waals surface area contributed by atoms with Gasteiger partial charge in [0.25, 0.3) is 0 Å². The van der Waals surface area contributed by atoms with Gasteiger partial charge in [0.05, 0.1) is 6.10 Å². The minimum atomic E-state index is -0.606. The van der Waals surface area contributed by atoms with Gasteiger partial charge in [-0.3, -0.25) is 0 Å². The van der Waals surface area contributed by atoms with Gasteiger partial charge in [-0.1, -0.05) is 0 Å². The Morgan fingerprint density at radius 1 is 0.652 bits per heavy atom. The number of aliphatic hydroxyl groups is 1. The molecule has 5 rings (SSSR count). The zero-order valence-corrected chi connectivity index (χ0v) is 13.8. The van der Waals surface area contributed by atoms with Crippen LogP contribution in [0.15, 0.2) is 0 Å². The molecule has 5 nitrogen and oxygen atoms in total. The van der Waals surface area contributed by atoms with E-state index in [1.807, 2.05) is 0 Å². The highest BCUT2D eigenvalue weighted by Crippen LogP contribution is 2.66. The Balaban J connectivity index is 1.71. The molecule has 23 heavy (non-hydrogen) atoms. The molecule has 5 atom stereocenters. The molecular weight excluding hydrogens is 296 g/mol. The van der Waals surface area contributed by atoms with Crippen molar-refractivity contribution in [2.75, 3.05) is 26.4 Å². The number of fused-ring (bicyclic) bond motifs is 3. The molecule has 1 saturated carbocycles. The maximum atomic E-state index is 11.2. The second kappa shape index (κ2) is 4.92. The lowest BCUT2D eigenvalue weighted by Gasteiger charge is -2.65. The summed E-state index contributed by atoms with van der Waals surface area (Å²) in [5.74, 6) is 0. The van der Waals surface area contributed by atoms with Crippen molar-refractivity contribution in [3.05, 3.63) is 0 Å². The molecule has 0 bridgehead atoms. The Labute approximate surface area is 137 Å². The predicted octanol–water partition coefficient (Wildman–Crippen LogP) is 1.95.